The van der Waals surface area contributed by atoms with Gasteiger partial charge in [0, 0.05) is 5.56 Å². The van der Waals surface area contributed by atoms with Crippen LogP contribution in [-0.4, -0.2) is 11.9 Å². The summed E-state index contributed by atoms with van der Waals surface area (Å²) in [5.41, 5.74) is 3.29. The van der Waals surface area contributed by atoms with Gasteiger partial charge in [0.25, 0.3) is 5.91 Å². The minimum atomic E-state index is -0.475. The first-order valence-electron chi connectivity index (χ1n) is 8.32. The summed E-state index contributed by atoms with van der Waals surface area (Å²) in [5.74, 6) is -0.748. The van der Waals surface area contributed by atoms with Gasteiger partial charge in [-0.1, -0.05) is 54.6 Å². The Morgan fingerprint density at radius 2 is 1.50 bits per heavy atom. The zero-order valence-electron chi connectivity index (χ0n) is 14.4. The SMILES string of the molecule is Cc1ccccc1COC(=O)c1ccccc1NC(=O)c1ccccc1. The molecule has 0 atom stereocenters. The van der Waals surface area contributed by atoms with Crippen LogP contribution in [-0.2, 0) is 11.3 Å². The molecule has 0 heterocycles. The predicted molar refractivity (Wildman–Crippen MR) is 101 cm³/mol. The van der Waals surface area contributed by atoms with Gasteiger partial charge >= 0.3 is 5.97 Å². The van der Waals surface area contributed by atoms with Gasteiger partial charge in [0.2, 0.25) is 0 Å². The van der Waals surface area contributed by atoms with E-state index in [1.165, 1.54) is 0 Å². The molecule has 1 N–H and O–H groups in total. The number of carbonyl (C=O) groups is 2. The second kappa shape index (κ2) is 8.12. The molecule has 4 heteroatoms. The van der Waals surface area contributed by atoms with E-state index < -0.39 is 5.97 Å². The van der Waals surface area contributed by atoms with Crippen LogP contribution in [0.5, 0.6) is 0 Å². The van der Waals surface area contributed by atoms with Gasteiger partial charge in [-0.3, -0.25) is 4.79 Å². The predicted octanol–water partition coefficient (Wildman–Crippen LogP) is 4.60. The van der Waals surface area contributed by atoms with Gasteiger partial charge < -0.3 is 10.1 Å². The van der Waals surface area contributed by atoms with Gasteiger partial charge in [-0.15, -0.1) is 0 Å². The van der Waals surface area contributed by atoms with Crippen LogP contribution in [0.3, 0.4) is 0 Å². The Morgan fingerprint density at radius 1 is 0.846 bits per heavy atom. The molecule has 26 heavy (non-hydrogen) atoms. The second-order valence-corrected chi connectivity index (χ2v) is 5.87. The lowest BCUT2D eigenvalue weighted by Crippen LogP contribution is -2.15. The van der Waals surface area contributed by atoms with Crippen LogP contribution in [0, 0.1) is 6.92 Å². The Morgan fingerprint density at radius 3 is 2.27 bits per heavy atom. The lowest BCUT2D eigenvalue weighted by molar-refractivity contribution is 0.0473. The Balaban J connectivity index is 1.73. The van der Waals surface area contributed by atoms with E-state index in [-0.39, 0.29) is 12.5 Å². The van der Waals surface area contributed by atoms with E-state index in [2.05, 4.69) is 5.32 Å². The van der Waals surface area contributed by atoms with Crippen molar-refractivity contribution in [3.05, 3.63) is 101 Å². The number of carbonyl (C=O) groups excluding carboxylic acids is 2. The number of benzene rings is 3. The van der Waals surface area contributed by atoms with Crippen molar-refractivity contribution in [1.29, 1.82) is 0 Å². The van der Waals surface area contributed by atoms with Crippen molar-refractivity contribution in [2.24, 2.45) is 0 Å². The van der Waals surface area contributed by atoms with Gasteiger partial charge in [0.1, 0.15) is 6.61 Å². The number of nitrogens with one attached hydrogen (secondary N) is 1. The van der Waals surface area contributed by atoms with E-state index in [1.807, 2.05) is 37.3 Å². The van der Waals surface area contributed by atoms with E-state index in [0.717, 1.165) is 11.1 Å². The molecular formula is C22H19NO3. The number of amides is 1. The molecule has 0 aliphatic carbocycles. The molecule has 0 saturated carbocycles. The van der Waals surface area contributed by atoms with E-state index in [9.17, 15) is 9.59 Å². The highest BCUT2D eigenvalue weighted by Gasteiger charge is 2.15. The molecule has 0 aliphatic rings. The van der Waals surface area contributed by atoms with E-state index in [0.29, 0.717) is 16.8 Å². The first-order valence-corrected chi connectivity index (χ1v) is 8.32. The van der Waals surface area contributed by atoms with Crippen molar-refractivity contribution >= 4 is 17.6 Å². The average Bonchev–Trinajstić information content (AvgIpc) is 2.68. The van der Waals surface area contributed by atoms with Crippen LogP contribution in [0.25, 0.3) is 0 Å². The van der Waals surface area contributed by atoms with E-state index >= 15 is 0 Å². The highest BCUT2D eigenvalue weighted by Crippen LogP contribution is 2.19. The first-order chi connectivity index (χ1) is 12.6. The lowest BCUT2D eigenvalue weighted by atomic mass is 10.1. The zero-order chi connectivity index (χ0) is 18.4. The monoisotopic (exact) mass is 345 g/mol. The Labute approximate surface area is 152 Å². The van der Waals surface area contributed by atoms with E-state index in [1.54, 1.807) is 48.5 Å². The number of hydrogen-bond donors (Lipinski definition) is 1. The molecule has 0 aliphatic heterocycles. The van der Waals surface area contributed by atoms with Crippen molar-refractivity contribution in [2.45, 2.75) is 13.5 Å². The molecule has 0 bridgehead atoms. The highest BCUT2D eigenvalue weighted by atomic mass is 16.5. The molecule has 0 aromatic heterocycles. The summed E-state index contributed by atoms with van der Waals surface area (Å²) in [6, 6.07) is 23.4. The summed E-state index contributed by atoms with van der Waals surface area (Å²) in [7, 11) is 0. The third kappa shape index (κ3) is 4.16. The molecule has 0 spiro atoms. The summed E-state index contributed by atoms with van der Waals surface area (Å²) in [6.07, 6.45) is 0. The van der Waals surface area contributed by atoms with Gasteiger partial charge in [-0.25, -0.2) is 4.79 Å². The minimum Gasteiger partial charge on any atom is -0.457 e. The number of esters is 1. The Kier molecular flexibility index (Phi) is 5.44. The number of rotatable bonds is 5. The molecule has 3 aromatic carbocycles. The fourth-order valence-corrected chi connectivity index (χ4v) is 2.55. The molecule has 3 aromatic rings. The summed E-state index contributed by atoms with van der Waals surface area (Å²) in [6.45, 7) is 2.16. The minimum absolute atomic E-state index is 0.187. The molecule has 4 nitrogen and oxygen atoms in total. The van der Waals surface area contributed by atoms with Crippen LogP contribution >= 0.6 is 0 Å². The van der Waals surface area contributed by atoms with Crippen LogP contribution < -0.4 is 5.32 Å². The summed E-state index contributed by atoms with van der Waals surface area (Å²) in [5, 5.41) is 2.78. The molecule has 0 radical (unpaired) electrons. The van der Waals surface area contributed by atoms with Crippen molar-refractivity contribution in [3.8, 4) is 0 Å². The Hall–Kier alpha value is -3.40. The normalized spacial score (nSPS) is 10.2. The van der Waals surface area contributed by atoms with Crippen molar-refractivity contribution in [3.63, 3.8) is 0 Å². The maximum Gasteiger partial charge on any atom is 0.340 e. The maximum atomic E-state index is 12.5. The third-order valence-electron chi connectivity index (χ3n) is 4.05. The molecule has 3 rings (SSSR count). The molecular weight excluding hydrogens is 326 g/mol. The van der Waals surface area contributed by atoms with Gasteiger partial charge in [0.05, 0.1) is 11.3 Å². The highest BCUT2D eigenvalue weighted by molar-refractivity contribution is 6.07. The smallest absolute Gasteiger partial charge is 0.340 e. The molecule has 0 fully saturated rings. The summed E-state index contributed by atoms with van der Waals surface area (Å²) in [4.78, 5) is 24.8. The topological polar surface area (TPSA) is 55.4 Å². The van der Waals surface area contributed by atoms with Crippen molar-refractivity contribution in [2.75, 3.05) is 5.32 Å². The van der Waals surface area contributed by atoms with Gasteiger partial charge in [-0.05, 0) is 42.3 Å². The number of hydrogen-bond acceptors (Lipinski definition) is 3. The Bertz CT molecular complexity index is 919. The van der Waals surface area contributed by atoms with Gasteiger partial charge in [0.15, 0.2) is 0 Å². The summed E-state index contributed by atoms with van der Waals surface area (Å²) >= 11 is 0. The molecule has 1 amide bonds. The number of ether oxygens (including phenoxy) is 1. The number of aryl methyl sites for hydroxylation is 1. The second-order valence-electron chi connectivity index (χ2n) is 5.87. The largest absolute Gasteiger partial charge is 0.457 e. The molecule has 0 saturated heterocycles. The van der Waals surface area contributed by atoms with Crippen LogP contribution in [0.4, 0.5) is 5.69 Å². The fourth-order valence-electron chi connectivity index (χ4n) is 2.55. The quantitative estimate of drug-likeness (QED) is 0.687. The number of para-hydroxylation sites is 1. The number of anilines is 1. The van der Waals surface area contributed by atoms with Crippen LogP contribution in [0.2, 0.25) is 0 Å². The average molecular weight is 345 g/mol. The van der Waals surface area contributed by atoms with Crippen LogP contribution in [0.15, 0.2) is 78.9 Å². The maximum absolute atomic E-state index is 12.5. The fraction of sp³-hybridized carbons (Fsp3) is 0.0909. The zero-order valence-corrected chi connectivity index (χ0v) is 14.4. The lowest BCUT2D eigenvalue weighted by Gasteiger charge is -2.12. The van der Waals surface area contributed by atoms with E-state index in [4.69, 9.17) is 4.74 Å². The van der Waals surface area contributed by atoms with Crippen LogP contribution in [0.1, 0.15) is 31.8 Å². The van der Waals surface area contributed by atoms with Crippen molar-refractivity contribution < 1.29 is 14.3 Å². The standard InChI is InChI=1S/C22H19NO3/c1-16-9-5-6-12-18(16)15-26-22(25)19-13-7-8-14-20(19)23-21(24)17-10-3-2-4-11-17/h2-14H,15H2,1H3,(H,23,24). The summed E-state index contributed by atoms with van der Waals surface area (Å²) < 4.78 is 5.43. The molecule has 0 unspecified atom stereocenters. The third-order valence-corrected chi connectivity index (χ3v) is 4.05. The molecule has 130 valence electrons. The van der Waals surface area contributed by atoms with Crippen molar-refractivity contribution in [1.82, 2.24) is 0 Å². The van der Waals surface area contributed by atoms with Gasteiger partial charge in [-0.2, -0.15) is 0 Å². The first kappa shape index (κ1) is 17.4.